The molecule has 17 heavy (non-hydrogen) atoms. The van der Waals surface area contributed by atoms with E-state index in [1.807, 2.05) is 43.3 Å². The highest BCUT2D eigenvalue weighted by atomic mass is 16.5. The zero-order valence-electron chi connectivity index (χ0n) is 9.92. The van der Waals surface area contributed by atoms with E-state index in [2.05, 4.69) is 9.98 Å². The van der Waals surface area contributed by atoms with Crippen LogP contribution in [0.5, 0.6) is 5.75 Å². The molecule has 0 saturated heterocycles. The smallest absolute Gasteiger partial charge is 0.154 e. The molecule has 1 heterocycles. The average Bonchev–Trinajstić information content (AvgIpc) is 2.38. The number of methoxy groups -OCH3 is 1. The Morgan fingerprint density at radius 3 is 2.59 bits per heavy atom. The zero-order chi connectivity index (χ0) is 12.1. The summed E-state index contributed by atoms with van der Waals surface area (Å²) in [5.41, 5.74) is 2.09. The third-order valence-electron chi connectivity index (χ3n) is 2.43. The molecule has 0 fully saturated rings. The zero-order valence-corrected chi connectivity index (χ0v) is 9.92. The van der Waals surface area contributed by atoms with Crippen molar-refractivity contribution < 1.29 is 4.74 Å². The van der Waals surface area contributed by atoms with Crippen molar-refractivity contribution in [3.63, 3.8) is 0 Å². The lowest BCUT2D eigenvalue weighted by atomic mass is 10.2. The normalized spacial score (nSPS) is 10.7. The van der Waals surface area contributed by atoms with E-state index < -0.39 is 0 Å². The van der Waals surface area contributed by atoms with Gasteiger partial charge in [-0.1, -0.05) is 6.07 Å². The number of benzene rings is 1. The molecule has 1 aromatic heterocycles. The summed E-state index contributed by atoms with van der Waals surface area (Å²) in [5.74, 6) is 1.60. The molecule has 0 aliphatic heterocycles. The largest absolute Gasteiger partial charge is 0.497 e. The second-order valence-electron chi connectivity index (χ2n) is 3.68. The van der Waals surface area contributed by atoms with Crippen LogP contribution in [0.1, 0.15) is 11.1 Å². The van der Waals surface area contributed by atoms with Crippen LogP contribution in [0.4, 0.5) is 5.82 Å². The lowest BCUT2D eigenvalue weighted by Crippen LogP contribution is -1.85. The van der Waals surface area contributed by atoms with E-state index >= 15 is 0 Å². The van der Waals surface area contributed by atoms with Crippen LogP contribution in [-0.2, 0) is 0 Å². The minimum Gasteiger partial charge on any atom is -0.497 e. The molecule has 0 bridgehead atoms. The van der Waals surface area contributed by atoms with Gasteiger partial charge in [0.1, 0.15) is 5.75 Å². The third kappa shape index (κ3) is 2.91. The Labute approximate surface area is 101 Å². The SMILES string of the molecule is COc1ccc(/C=N/c2ncccc2C)cc1. The van der Waals surface area contributed by atoms with Gasteiger partial charge < -0.3 is 4.74 Å². The summed E-state index contributed by atoms with van der Waals surface area (Å²) in [7, 11) is 1.65. The number of aryl methyl sites for hydroxylation is 1. The number of ether oxygens (including phenoxy) is 1. The highest BCUT2D eigenvalue weighted by Crippen LogP contribution is 2.14. The van der Waals surface area contributed by atoms with Crippen LogP contribution >= 0.6 is 0 Å². The van der Waals surface area contributed by atoms with Crippen molar-refractivity contribution in [1.82, 2.24) is 4.98 Å². The van der Waals surface area contributed by atoms with Gasteiger partial charge in [-0.15, -0.1) is 0 Å². The van der Waals surface area contributed by atoms with E-state index in [9.17, 15) is 0 Å². The second-order valence-corrected chi connectivity index (χ2v) is 3.68. The molecule has 3 nitrogen and oxygen atoms in total. The first-order valence-electron chi connectivity index (χ1n) is 5.39. The minimum atomic E-state index is 0.753. The van der Waals surface area contributed by atoms with Crippen LogP contribution in [0.2, 0.25) is 0 Å². The summed E-state index contributed by atoms with van der Waals surface area (Å²) in [5, 5.41) is 0. The number of aromatic nitrogens is 1. The van der Waals surface area contributed by atoms with Crippen molar-refractivity contribution in [2.75, 3.05) is 7.11 Å². The molecule has 0 aliphatic rings. The Hall–Kier alpha value is -2.16. The van der Waals surface area contributed by atoms with E-state index in [1.54, 1.807) is 19.5 Å². The van der Waals surface area contributed by atoms with Gasteiger partial charge in [-0.25, -0.2) is 9.98 Å². The van der Waals surface area contributed by atoms with E-state index in [-0.39, 0.29) is 0 Å². The summed E-state index contributed by atoms with van der Waals surface area (Å²) >= 11 is 0. The van der Waals surface area contributed by atoms with Crippen LogP contribution in [0, 0.1) is 6.92 Å². The Balaban J connectivity index is 2.17. The van der Waals surface area contributed by atoms with Gasteiger partial charge in [0.05, 0.1) is 7.11 Å². The van der Waals surface area contributed by atoms with Crippen LogP contribution in [0.15, 0.2) is 47.6 Å². The number of hydrogen-bond donors (Lipinski definition) is 0. The number of rotatable bonds is 3. The topological polar surface area (TPSA) is 34.5 Å². The molecule has 1 aromatic carbocycles. The summed E-state index contributed by atoms with van der Waals surface area (Å²) < 4.78 is 5.09. The first-order valence-corrected chi connectivity index (χ1v) is 5.39. The second kappa shape index (κ2) is 5.25. The Morgan fingerprint density at radius 2 is 1.94 bits per heavy atom. The van der Waals surface area contributed by atoms with Gasteiger partial charge in [0.25, 0.3) is 0 Å². The van der Waals surface area contributed by atoms with E-state index in [0.717, 1.165) is 22.7 Å². The third-order valence-corrected chi connectivity index (χ3v) is 2.43. The van der Waals surface area contributed by atoms with E-state index in [0.29, 0.717) is 0 Å². The Bertz CT molecular complexity index is 518. The molecule has 86 valence electrons. The van der Waals surface area contributed by atoms with Gasteiger partial charge in [0, 0.05) is 12.4 Å². The van der Waals surface area contributed by atoms with Crippen LogP contribution in [0.25, 0.3) is 0 Å². The molecular formula is C14H14N2O. The summed E-state index contributed by atoms with van der Waals surface area (Å²) in [4.78, 5) is 8.56. The van der Waals surface area contributed by atoms with Crippen molar-refractivity contribution in [1.29, 1.82) is 0 Å². The van der Waals surface area contributed by atoms with Gasteiger partial charge in [-0.05, 0) is 48.4 Å². The first kappa shape index (κ1) is 11.3. The molecule has 3 heteroatoms. The Morgan fingerprint density at radius 1 is 1.18 bits per heavy atom. The molecule has 0 amide bonds. The van der Waals surface area contributed by atoms with Gasteiger partial charge in [-0.3, -0.25) is 0 Å². The number of nitrogens with zero attached hydrogens (tertiary/aromatic N) is 2. The summed E-state index contributed by atoms with van der Waals surface area (Å²) in [6.07, 6.45) is 3.54. The quantitative estimate of drug-likeness (QED) is 0.753. The maximum atomic E-state index is 5.09. The first-order chi connectivity index (χ1) is 8.29. The molecular weight excluding hydrogens is 212 g/mol. The number of hydrogen-bond acceptors (Lipinski definition) is 3. The summed E-state index contributed by atoms with van der Waals surface area (Å²) in [6, 6.07) is 11.6. The van der Waals surface area contributed by atoms with E-state index in [4.69, 9.17) is 4.74 Å². The minimum absolute atomic E-state index is 0.753. The predicted octanol–water partition coefficient (Wildman–Crippen LogP) is 3.15. The van der Waals surface area contributed by atoms with Gasteiger partial charge in [-0.2, -0.15) is 0 Å². The van der Waals surface area contributed by atoms with Crippen LogP contribution in [-0.4, -0.2) is 18.3 Å². The van der Waals surface area contributed by atoms with Gasteiger partial charge in [0.2, 0.25) is 0 Å². The van der Waals surface area contributed by atoms with Gasteiger partial charge >= 0.3 is 0 Å². The lowest BCUT2D eigenvalue weighted by molar-refractivity contribution is 0.415. The average molecular weight is 226 g/mol. The van der Waals surface area contributed by atoms with Crippen molar-refractivity contribution in [2.45, 2.75) is 6.92 Å². The maximum absolute atomic E-state index is 5.09. The number of aliphatic imine (C=N–C) groups is 1. The van der Waals surface area contributed by atoms with Crippen LogP contribution in [0.3, 0.4) is 0 Å². The highest BCUT2D eigenvalue weighted by Gasteiger charge is 1.95. The fourth-order valence-corrected chi connectivity index (χ4v) is 1.44. The fourth-order valence-electron chi connectivity index (χ4n) is 1.44. The summed E-state index contributed by atoms with van der Waals surface area (Å²) in [6.45, 7) is 1.99. The van der Waals surface area contributed by atoms with E-state index in [1.165, 1.54) is 0 Å². The lowest BCUT2D eigenvalue weighted by Gasteiger charge is -1.99. The molecule has 0 spiro atoms. The maximum Gasteiger partial charge on any atom is 0.154 e. The standard InChI is InChI=1S/C14H14N2O/c1-11-4-3-9-15-14(11)16-10-12-5-7-13(17-2)8-6-12/h3-10H,1-2H3/b16-10+. The Kier molecular flexibility index (Phi) is 3.50. The molecule has 0 aliphatic carbocycles. The highest BCUT2D eigenvalue weighted by molar-refractivity contribution is 5.81. The van der Waals surface area contributed by atoms with Crippen molar-refractivity contribution in [2.24, 2.45) is 4.99 Å². The number of pyridine rings is 1. The molecule has 0 atom stereocenters. The van der Waals surface area contributed by atoms with Crippen molar-refractivity contribution in [3.05, 3.63) is 53.7 Å². The predicted molar refractivity (Wildman–Crippen MR) is 69.2 cm³/mol. The molecule has 2 aromatic rings. The van der Waals surface area contributed by atoms with Crippen molar-refractivity contribution in [3.8, 4) is 5.75 Å². The fraction of sp³-hybridized carbons (Fsp3) is 0.143. The molecule has 0 N–H and O–H groups in total. The van der Waals surface area contributed by atoms with Crippen LogP contribution < -0.4 is 4.74 Å². The molecule has 0 unspecified atom stereocenters. The molecule has 2 rings (SSSR count). The molecule has 0 saturated carbocycles. The monoisotopic (exact) mass is 226 g/mol. The van der Waals surface area contributed by atoms with Crippen molar-refractivity contribution >= 4 is 12.0 Å². The van der Waals surface area contributed by atoms with Gasteiger partial charge in [0.15, 0.2) is 5.82 Å². The molecule has 0 radical (unpaired) electrons.